The van der Waals surface area contributed by atoms with Crippen molar-refractivity contribution in [2.24, 2.45) is 16.8 Å². The number of ether oxygens (including phenoxy) is 2. The van der Waals surface area contributed by atoms with Gasteiger partial charge >= 0.3 is 12.1 Å². The Balaban J connectivity index is 0.00000420. The van der Waals surface area contributed by atoms with Gasteiger partial charge in [-0.15, -0.1) is 24.0 Å². The van der Waals surface area contributed by atoms with Crippen LogP contribution in [0, 0.1) is 11.8 Å². The molecule has 1 fully saturated rings. The highest BCUT2D eigenvalue weighted by atomic mass is 127. The van der Waals surface area contributed by atoms with Crippen LogP contribution in [-0.4, -0.2) is 61.3 Å². The summed E-state index contributed by atoms with van der Waals surface area (Å²) < 4.78 is 46.0. The molecule has 1 aromatic heterocycles. The zero-order valence-corrected chi connectivity index (χ0v) is 18.9. The molecule has 2 heterocycles. The molecule has 2 unspecified atom stereocenters. The fourth-order valence-corrected chi connectivity index (χ4v) is 2.94. The first-order chi connectivity index (χ1) is 13.2. The molecule has 29 heavy (non-hydrogen) atoms. The zero-order valence-electron chi connectivity index (χ0n) is 16.5. The second-order valence-corrected chi connectivity index (χ2v) is 6.59. The topological polar surface area (TPSA) is 76.1 Å². The first kappa shape index (κ1) is 25.2. The molecule has 1 saturated heterocycles. The first-order valence-electron chi connectivity index (χ1n) is 8.99. The number of hydrogen-bond donors (Lipinski definition) is 1. The molecule has 0 spiro atoms. The van der Waals surface area contributed by atoms with E-state index in [2.05, 4.69) is 20.0 Å². The van der Waals surface area contributed by atoms with Crippen molar-refractivity contribution in [2.75, 3.05) is 33.4 Å². The third-order valence-electron chi connectivity index (χ3n) is 4.34. The van der Waals surface area contributed by atoms with E-state index in [9.17, 15) is 18.0 Å². The van der Waals surface area contributed by atoms with Crippen molar-refractivity contribution in [1.29, 1.82) is 0 Å². The van der Waals surface area contributed by atoms with Crippen LogP contribution in [0.4, 0.5) is 13.2 Å². The molecule has 1 aromatic rings. The van der Waals surface area contributed by atoms with E-state index in [4.69, 9.17) is 4.74 Å². The molecule has 0 bridgehead atoms. The van der Waals surface area contributed by atoms with Crippen LogP contribution >= 0.6 is 24.0 Å². The summed E-state index contributed by atoms with van der Waals surface area (Å²) in [4.78, 5) is 22.3. The van der Waals surface area contributed by atoms with E-state index in [1.165, 1.54) is 19.4 Å². The summed E-state index contributed by atoms with van der Waals surface area (Å²) in [6, 6.07) is 3.00. The monoisotopic (exact) mass is 530 g/mol. The minimum absolute atomic E-state index is 0. The number of carbonyl (C=O) groups excluding carboxylic acids is 1. The Morgan fingerprint density at radius 3 is 2.66 bits per heavy atom. The number of esters is 1. The SMILES string of the molecule is CCNC(=NCc1ccc(OCC(F)(F)F)nc1)N1CC(C)C(C(=O)OC)C1.I. The molecule has 0 amide bonds. The third-order valence-corrected chi connectivity index (χ3v) is 4.34. The molecule has 164 valence electrons. The lowest BCUT2D eigenvalue weighted by Crippen LogP contribution is -2.40. The van der Waals surface area contributed by atoms with Crippen molar-refractivity contribution in [3.05, 3.63) is 23.9 Å². The number of pyridine rings is 1. The highest BCUT2D eigenvalue weighted by molar-refractivity contribution is 14.0. The second-order valence-electron chi connectivity index (χ2n) is 6.59. The number of hydrogen-bond acceptors (Lipinski definition) is 5. The number of nitrogens with one attached hydrogen (secondary N) is 1. The van der Waals surface area contributed by atoms with E-state index in [0.29, 0.717) is 32.1 Å². The molecule has 0 aliphatic carbocycles. The molecule has 0 radical (unpaired) electrons. The van der Waals surface area contributed by atoms with E-state index in [-0.39, 0.29) is 47.7 Å². The third kappa shape index (κ3) is 7.86. The smallest absolute Gasteiger partial charge is 0.422 e. The van der Waals surface area contributed by atoms with Crippen LogP contribution in [0.25, 0.3) is 0 Å². The average molecular weight is 530 g/mol. The molecular formula is C18H26F3IN4O3. The van der Waals surface area contributed by atoms with Crippen molar-refractivity contribution < 1.29 is 27.4 Å². The van der Waals surface area contributed by atoms with Crippen molar-refractivity contribution in [3.8, 4) is 5.88 Å². The maximum Gasteiger partial charge on any atom is 0.422 e. The van der Waals surface area contributed by atoms with E-state index < -0.39 is 12.8 Å². The van der Waals surface area contributed by atoms with Gasteiger partial charge in [0.1, 0.15) is 0 Å². The van der Waals surface area contributed by atoms with Crippen LogP contribution in [0.5, 0.6) is 5.88 Å². The van der Waals surface area contributed by atoms with Crippen molar-refractivity contribution in [1.82, 2.24) is 15.2 Å². The number of aromatic nitrogens is 1. The standard InChI is InChI=1S/C18H25F3N4O3.HI/c1-4-22-17(25-9-12(2)14(10-25)16(26)27-3)24-8-13-5-6-15(23-7-13)28-11-18(19,20)21;/h5-7,12,14H,4,8-11H2,1-3H3,(H,22,24);1H. The molecule has 2 atom stereocenters. The molecule has 1 aliphatic heterocycles. The van der Waals surface area contributed by atoms with Gasteiger partial charge in [-0.05, 0) is 18.4 Å². The molecule has 11 heteroatoms. The maximum atomic E-state index is 12.2. The summed E-state index contributed by atoms with van der Waals surface area (Å²) in [5, 5.41) is 3.19. The fourth-order valence-electron chi connectivity index (χ4n) is 2.94. The number of nitrogens with zero attached hydrogens (tertiary/aromatic N) is 3. The van der Waals surface area contributed by atoms with Gasteiger partial charge in [0.25, 0.3) is 0 Å². The second kappa shape index (κ2) is 11.4. The van der Waals surface area contributed by atoms with Crippen LogP contribution in [0.2, 0.25) is 0 Å². The Labute approximate surface area is 185 Å². The van der Waals surface area contributed by atoms with Crippen LogP contribution in [-0.2, 0) is 16.1 Å². The Morgan fingerprint density at radius 2 is 2.10 bits per heavy atom. The Bertz CT molecular complexity index is 686. The highest BCUT2D eigenvalue weighted by Gasteiger charge is 2.36. The molecule has 7 nitrogen and oxygen atoms in total. The van der Waals surface area contributed by atoms with Crippen LogP contribution in [0.1, 0.15) is 19.4 Å². The summed E-state index contributed by atoms with van der Waals surface area (Å²) in [6.07, 6.45) is -2.97. The predicted octanol–water partition coefficient (Wildman–Crippen LogP) is 2.85. The molecule has 0 aromatic carbocycles. The minimum Gasteiger partial charge on any atom is -0.469 e. The molecule has 1 aliphatic rings. The number of likely N-dealkylation sites (tertiary alicyclic amines) is 1. The number of aliphatic imine (C=N–C) groups is 1. The number of methoxy groups -OCH3 is 1. The van der Waals surface area contributed by atoms with Crippen LogP contribution < -0.4 is 10.1 Å². The van der Waals surface area contributed by atoms with Gasteiger partial charge in [0.2, 0.25) is 5.88 Å². The summed E-state index contributed by atoms with van der Waals surface area (Å²) >= 11 is 0. The first-order valence-corrected chi connectivity index (χ1v) is 8.99. The van der Waals surface area contributed by atoms with Crippen molar-refractivity contribution >= 4 is 35.9 Å². The number of halogens is 4. The maximum absolute atomic E-state index is 12.2. The van der Waals surface area contributed by atoms with Crippen molar-refractivity contribution in [2.45, 2.75) is 26.6 Å². The summed E-state index contributed by atoms with van der Waals surface area (Å²) in [5.74, 6) is 0.275. The predicted molar refractivity (Wildman–Crippen MR) is 112 cm³/mol. The van der Waals surface area contributed by atoms with Gasteiger partial charge < -0.3 is 19.7 Å². The quantitative estimate of drug-likeness (QED) is 0.264. The Morgan fingerprint density at radius 1 is 1.38 bits per heavy atom. The van der Waals surface area contributed by atoms with Gasteiger partial charge in [-0.3, -0.25) is 4.79 Å². The van der Waals surface area contributed by atoms with Gasteiger partial charge in [-0.2, -0.15) is 13.2 Å². The van der Waals surface area contributed by atoms with E-state index in [1.54, 1.807) is 6.07 Å². The van der Waals surface area contributed by atoms with Gasteiger partial charge in [0.05, 0.1) is 19.6 Å². The number of guanidine groups is 1. The molecule has 1 N–H and O–H groups in total. The minimum atomic E-state index is -4.40. The van der Waals surface area contributed by atoms with Crippen LogP contribution in [0.3, 0.4) is 0 Å². The zero-order chi connectivity index (χ0) is 20.7. The number of rotatable bonds is 6. The normalized spacial score (nSPS) is 19.5. The van der Waals surface area contributed by atoms with Crippen molar-refractivity contribution in [3.63, 3.8) is 0 Å². The van der Waals surface area contributed by atoms with Gasteiger partial charge in [-0.1, -0.05) is 13.0 Å². The lowest BCUT2D eigenvalue weighted by molar-refractivity contribution is -0.154. The number of alkyl halides is 3. The van der Waals surface area contributed by atoms with E-state index in [0.717, 1.165) is 5.56 Å². The fraction of sp³-hybridized carbons (Fsp3) is 0.611. The van der Waals surface area contributed by atoms with E-state index >= 15 is 0 Å². The lowest BCUT2D eigenvalue weighted by atomic mass is 9.99. The Kier molecular flexibility index (Phi) is 9.93. The van der Waals surface area contributed by atoms with Gasteiger partial charge in [0, 0.05) is 31.9 Å². The van der Waals surface area contributed by atoms with E-state index in [1.807, 2.05) is 18.7 Å². The highest BCUT2D eigenvalue weighted by Crippen LogP contribution is 2.24. The summed E-state index contributed by atoms with van der Waals surface area (Å²) in [7, 11) is 1.38. The molecule has 0 saturated carbocycles. The summed E-state index contributed by atoms with van der Waals surface area (Å²) in [5.41, 5.74) is 0.728. The Hall–Kier alpha value is -1.79. The molecule has 2 rings (SSSR count). The molecular weight excluding hydrogens is 504 g/mol. The van der Waals surface area contributed by atoms with Gasteiger partial charge in [-0.25, -0.2) is 9.98 Å². The average Bonchev–Trinajstić information content (AvgIpc) is 3.04. The lowest BCUT2D eigenvalue weighted by Gasteiger charge is -2.21. The number of carbonyl (C=O) groups is 1. The van der Waals surface area contributed by atoms with Crippen LogP contribution in [0.15, 0.2) is 23.3 Å². The largest absolute Gasteiger partial charge is 0.469 e. The van der Waals surface area contributed by atoms with Gasteiger partial charge in [0.15, 0.2) is 12.6 Å². The summed E-state index contributed by atoms with van der Waals surface area (Å²) in [6.45, 7) is 4.71.